The number of likely N-dealkylation sites (tertiary alicyclic amines) is 1. The lowest BCUT2D eigenvalue weighted by atomic mass is 9.99. The van der Waals surface area contributed by atoms with Crippen LogP contribution in [0.1, 0.15) is 13.3 Å². The molecule has 1 rings (SSSR count). The quantitative estimate of drug-likeness (QED) is 0.661. The number of esters is 1. The number of sulfone groups is 1. The predicted molar refractivity (Wildman–Crippen MR) is 65.4 cm³/mol. The Labute approximate surface area is 103 Å². The molecular formula is C11H21NO4S. The Morgan fingerprint density at radius 1 is 1.41 bits per heavy atom. The summed E-state index contributed by atoms with van der Waals surface area (Å²) in [5.74, 6) is 0.253. The number of rotatable bonds is 5. The average Bonchev–Trinajstić information content (AvgIpc) is 2.57. The van der Waals surface area contributed by atoms with Gasteiger partial charge in [0.05, 0.1) is 18.8 Å². The molecule has 1 heterocycles. The van der Waals surface area contributed by atoms with Gasteiger partial charge in [-0.05, 0) is 18.9 Å². The van der Waals surface area contributed by atoms with Crippen molar-refractivity contribution < 1.29 is 17.9 Å². The van der Waals surface area contributed by atoms with Gasteiger partial charge in [-0.3, -0.25) is 4.79 Å². The molecule has 17 heavy (non-hydrogen) atoms. The predicted octanol–water partition coefficient (Wildman–Crippen LogP) is 0.162. The first-order valence-electron chi connectivity index (χ1n) is 5.81. The number of hydrogen-bond donors (Lipinski definition) is 0. The first-order valence-corrected chi connectivity index (χ1v) is 7.87. The molecule has 1 saturated heterocycles. The van der Waals surface area contributed by atoms with Crippen molar-refractivity contribution in [2.24, 2.45) is 11.8 Å². The molecule has 2 atom stereocenters. The monoisotopic (exact) mass is 263 g/mol. The van der Waals surface area contributed by atoms with E-state index in [4.69, 9.17) is 4.74 Å². The number of carbonyl (C=O) groups excluding carboxylic acids is 1. The van der Waals surface area contributed by atoms with Crippen LogP contribution in [-0.2, 0) is 19.4 Å². The zero-order chi connectivity index (χ0) is 13.1. The highest BCUT2D eigenvalue weighted by atomic mass is 32.2. The summed E-state index contributed by atoms with van der Waals surface area (Å²) in [6.45, 7) is 4.27. The van der Waals surface area contributed by atoms with Gasteiger partial charge in [0.25, 0.3) is 0 Å². The number of nitrogens with zero attached hydrogens (tertiary/aromatic N) is 1. The maximum absolute atomic E-state index is 11.5. The smallest absolute Gasteiger partial charge is 0.310 e. The fraction of sp³-hybridized carbons (Fsp3) is 0.909. The molecule has 0 N–H and O–H groups in total. The minimum atomic E-state index is -2.88. The van der Waals surface area contributed by atoms with E-state index in [1.165, 1.54) is 13.4 Å². The van der Waals surface area contributed by atoms with E-state index >= 15 is 0 Å². The highest BCUT2D eigenvalue weighted by molar-refractivity contribution is 7.90. The normalized spacial score (nSPS) is 26.1. The molecule has 0 spiro atoms. The summed E-state index contributed by atoms with van der Waals surface area (Å²) in [7, 11) is -1.48. The first-order chi connectivity index (χ1) is 7.83. The minimum Gasteiger partial charge on any atom is -0.469 e. The number of carbonyl (C=O) groups is 1. The van der Waals surface area contributed by atoms with Crippen molar-refractivity contribution in [3.05, 3.63) is 0 Å². The molecular weight excluding hydrogens is 242 g/mol. The van der Waals surface area contributed by atoms with Gasteiger partial charge in [0.15, 0.2) is 0 Å². The Balaban J connectivity index is 2.37. The van der Waals surface area contributed by atoms with Gasteiger partial charge in [-0.15, -0.1) is 0 Å². The highest BCUT2D eigenvalue weighted by Crippen LogP contribution is 2.23. The summed E-state index contributed by atoms with van der Waals surface area (Å²) >= 11 is 0. The van der Waals surface area contributed by atoms with Crippen LogP contribution in [0.2, 0.25) is 0 Å². The zero-order valence-electron chi connectivity index (χ0n) is 10.7. The molecule has 0 aliphatic carbocycles. The Morgan fingerprint density at radius 3 is 2.59 bits per heavy atom. The Bertz CT molecular complexity index is 366. The van der Waals surface area contributed by atoms with Crippen LogP contribution in [0.25, 0.3) is 0 Å². The lowest BCUT2D eigenvalue weighted by Crippen LogP contribution is -2.26. The summed E-state index contributed by atoms with van der Waals surface area (Å²) < 4.78 is 26.7. The van der Waals surface area contributed by atoms with E-state index in [9.17, 15) is 13.2 Å². The van der Waals surface area contributed by atoms with E-state index in [1.807, 2.05) is 6.92 Å². The van der Waals surface area contributed by atoms with Gasteiger partial charge in [-0.25, -0.2) is 8.42 Å². The lowest BCUT2D eigenvalue weighted by Gasteiger charge is -2.14. The third-order valence-corrected chi connectivity index (χ3v) is 4.21. The minimum absolute atomic E-state index is 0.0711. The van der Waals surface area contributed by atoms with E-state index in [0.717, 1.165) is 13.1 Å². The maximum Gasteiger partial charge on any atom is 0.310 e. The van der Waals surface area contributed by atoms with E-state index in [-0.39, 0.29) is 23.6 Å². The van der Waals surface area contributed by atoms with E-state index < -0.39 is 9.84 Å². The first kappa shape index (κ1) is 14.4. The zero-order valence-corrected chi connectivity index (χ0v) is 11.5. The Hall–Kier alpha value is -0.620. The van der Waals surface area contributed by atoms with Crippen molar-refractivity contribution in [2.75, 3.05) is 38.8 Å². The van der Waals surface area contributed by atoms with Gasteiger partial charge >= 0.3 is 5.97 Å². The van der Waals surface area contributed by atoms with Crippen LogP contribution in [0, 0.1) is 11.8 Å². The number of methoxy groups -OCH3 is 1. The average molecular weight is 263 g/mol. The second kappa shape index (κ2) is 5.82. The Morgan fingerprint density at radius 2 is 2.06 bits per heavy atom. The highest BCUT2D eigenvalue weighted by Gasteiger charge is 2.35. The van der Waals surface area contributed by atoms with Crippen LogP contribution in [0.15, 0.2) is 0 Å². The molecule has 2 unspecified atom stereocenters. The summed E-state index contributed by atoms with van der Waals surface area (Å²) in [5, 5.41) is 0. The fourth-order valence-electron chi connectivity index (χ4n) is 2.26. The maximum atomic E-state index is 11.5. The Kier molecular flexibility index (Phi) is 4.94. The SMILES string of the molecule is COC(=O)C1CN(CCCS(C)(=O)=O)CC1C. The molecule has 6 heteroatoms. The van der Waals surface area contributed by atoms with Crippen LogP contribution in [0.5, 0.6) is 0 Å². The third kappa shape index (κ3) is 4.63. The van der Waals surface area contributed by atoms with Crippen molar-refractivity contribution in [1.82, 2.24) is 4.90 Å². The molecule has 0 aromatic carbocycles. The summed E-state index contributed by atoms with van der Waals surface area (Å²) in [4.78, 5) is 13.6. The van der Waals surface area contributed by atoms with Gasteiger partial charge in [0.1, 0.15) is 9.84 Å². The lowest BCUT2D eigenvalue weighted by molar-refractivity contribution is -0.146. The van der Waals surface area contributed by atoms with Crippen molar-refractivity contribution in [2.45, 2.75) is 13.3 Å². The standard InChI is InChI=1S/C11H21NO4S/c1-9-7-12(5-4-6-17(3,14)15)8-10(9)11(13)16-2/h9-10H,4-8H2,1-3H3. The van der Waals surface area contributed by atoms with Gasteiger partial charge in [0.2, 0.25) is 0 Å². The third-order valence-electron chi connectivity index (χ3n) is 3.18. The molecule has 0 aromatic rings. The topological polar surface area (TPSA) is 63.7 Å². The summed E-state index contributed by atoms with van der Waals surface area (Å²) in [6.07, 6.45) is 1.87. The molecule has 1 aliphatic rings. The molecule has 0 amide bonds. The molecule has 1 fully saturated rings. The molecule has 0 bridgehead atoms. The van der Waals surface area contributed by atoms with Gasteiger partial charge < -0.3 is 9.64 Å². The molecule has 1 aliphatic heterocycles. The van der Waals surface area contributed by atoms with Crippen molar-refractivity contribution in [3.8, 4) is 0 Å². The summed E-state index contributed by atoms with van der Waals surface area (Å²) in [5.41, 5.74) is 0. The molecule has 0 aromatic heterocycles. The van der Waals surface area contributed by atoms with Crippen molar-refractivity contribution in [1.29, 1.82) is 0 Å². The number of hydrogen-bond acceptors (Lipinski definition) is 5. The molecule has 5 nitrogen and oxygen atoms in total. The molecule has 0 saturated carbocycles. The van der Waals surface area contributed by atoms with Crippen LogP contribution in [-0.4, -0.2) is 58.0 Å². The summed E-state index contributed by atoms with van der Waals surface area (Å²) in [6, 6.07) is 0. The van der Waals surface area contributed by atoms with Gasteiger partial charge in [-0.1, -0.05) is 6.92 Å². The van der Waals surface area contributed by atoms with Crippen LogP contribution in [0.4, 0.5) is 0 Å². The van der Waals surface area contributed by atoms with E-state index in [2.05, 4.69) is 4.90 Å². The van der Waals surface area contributed by atoms with Crippen LogP contribution >= 0.6 is 0 Å². The van der Waals surface area contributed by atoms with E-state index in [0.29, 0.717) is 13.0 Å². The van der Waals surface area contributed by atoms with E-state index in [1.54, 1.807) is 0 Å². The van der Waals surface area contributed by atoms with Gasteiger partial charge in [-0.2, -0.15) is 0 Å². The van der Waals surface area contributed by atoms with Crippen molar-refractivity contribution >= 4 is 15.8 Å². The molecule has 0 radical (unpaired) electrons. The second-order valence-corrected chi connectivity index (χ2v) is 7.11. The van der Waals surface area contributed by atoms with Gasteiger partial charge in [0, 0.05) is 19.3 Å². The molecule has 100 valence electrons. The largest absolute Gasteiger partial charge is 0.469 e. The van der Waals surface area contributed by atoms with Crippen LogP contribution in [0.3, 0.4) is 0 Å². The fourth-order valence-corrected chi connectivity index (χ4v) is 2.91. The second-order valence-electron chi connectivity index (χ2n) is 4.85. The van der Waals surface area contributed by atoms with Crippen molar-refractivity contribution in [3.63, 3.8) is 0 Å². The number of ether oxygens (including phenoxy) is 1. The van der Waals surface area contributed by atoms with Crippen LogP contribution < -0.4 is 0 Å².